The van der Waals surface area contributed by atoms with E-state index in [0.29, 0.717) is 21.6 Å². The summed E-state index contributed by atoms with van der Waals surface area (Å²) in [6, 6.07) is 9.71. The molecule has 1 aromatic heterocycles. The number of nitrogens with one attached hydrogen (secondary N) is 1. The van der Waals surface area contributed by atoms with Gasteiger partial charge in [0, 0.05) is 50.6 Å². The van der Waals surface area contributed by atoms with Crippen LogP contribution in [0.5, 0.6) is 11.5 Å². The Balaban J connectivity index is 1.62. The maximum atomic E-state index is 6.19. The zero-order chi connectivity index (χ0) is 20.8. The van der Waals surface area contributed by atoms with Crippen molar-refractivity contribution in [1.82, 2.24) is 14.8 Å². The molecule has 0 amide bonds. The van der Waals surface area contributed by atoms with Crippen LogP contribution in [0.3, 0.4) is 0 Å². The van der Waals surface area contributed by atoms with Crippen LogP contribution in [0.1, 0.15) is 17.8 Å². The average Bonchev–Trinajstić information content (AvgIpc) is 2.94. The minimum absolute atomic E-state index is 0.496. The van der Waals surface area contributed by atoms with E-state index in [0.717, 1.165) is 56.2 Å². The molecule has 29 heavy (non-hydrogen) atoms. The molecule has 1 aromatic carbocycles. The Labute approximate surface area is 182 Å². The molecule has 3 rings (SSSR count). The van der Waals surface area contributed by atoms with Gasteiger partial charge in [0.2, 0.25) is 0 Å². The third-order valence-electron chi connectivity index (χ3n) is 4.92. The van der Waals surface area contributed by atoms with Crippen LogP contribution in [0.4, 0.5) is 5.69 Å². The van der Waals surface area contributed by atoms with Gasteiger partial charge in [-0.05, 0) is 37.7 Å². The quantitative estimate of drug-likeness (QED) is 0.714. The van der Waals surface area contributed by atoms with Crippen molar-refractivity contribution < 1.29 is 9.47 Å². The van der Waals surface area contributed by atoms with Gasteiger partial charge in [0.15, 0.2) is 5.11 Å². The fourth-order valence-corrected chi connectivity index (χ4v) is 3.92. The van der Waals surface area contributed by atoms with Gasteiger partial charge in [-0.2, -0.15) is 0 Å². The van der Waals surface area contributed by atoms with Crippen LogP contribution in [0.15, 0.2) is 30.3 Å². The minimum Gasteiger partial charge on any atom is -0.495 e. The van der Waals surface area contributed by atoms with Gasteiger partial charge < -0.3 is 19.7 Å². The van der Waals surface area contributed by atoms with Crippen molar-refractivity contribution in [2.24, 2.45) is 0 Å². The van der Waals surface area contributed by atoms with Gasteiger partial charge in [-0.1, -0.05) is 17.7 Å². The second-order valence-corrected chi connectivity index (χ2v) is 7.80. The van der Waals surface area contributed by atoms with Crippen molar-refractivity contribution in [2.45, 2.75) is 19.9 Å². The van der Waals surface area contributed by atoms with E-state index in [1.807, 2.05) is 13.0 Å². The number of hydrogen-bond donors (Lipinski definition) is 1. The summed E-state index contributed by atoms with van der Waals surface area (Å²) in [5.41, 5.74) is 2.90. The Morgan fingerprint density at radius 1 is 1.14 bits per heavy atom. The number of methoxy groups -OCH3 is 2. The fourth-order valence-electron chi connectivity index (χ4n) is 3.40. The monoisotopic (exact) mass is 434 g/mol. The molecule has 0 atom stereocenters. The molecule has 6 nitrogen and oxygen atoms in total. The van der Waals surface area contributed by atoms with Crippen LogP contribution < -0.4 is 14.8 Å². The molecule has 0 saturated carbocycles. The number of rotatable bonds is 5. The number of aryl methyl sites for hydroxylation is 1. The Bertz CT molecular complexity index is 865. The number of nitrogens with zero attached hydrogens (tertiary/aromatic N) is 3. The first-order chi connectivity index (χ1) is 14.0. The molecule has 0 unspecified atom stereocenters. The molecule has 0 radical (unpaired) electrons. The number of hydrogen-bond acceptors (Lipinski definition) is 5. The van der Waals surface area contributed by atoms with Gasteiger partial charge in [0.05, 0.1) is 30.6 Å². The van der Waals surface area contributed by atoms with Gasteiger partial charge in [-0.15, -0.1) is 0 Å². The molecule has 2 aromatic rings. The summed E-state index contributed by atoms with van der Waals surface area (Å²) in [7, 11) is 3.19. The van der Waals surface area contributed by atoms with Gasteiger partial charge in [0.25, 0.3) is 0 Å². The Hall–Kier alpha value is -2.09. The maximum Gasteiger partial charge on any atom is 0.173 e. The molecular formula is C21H27ClN4O2S. The predicted molar refractivity (Wildman–Crippen MR) is 121 cm³/mol. The molecule has 0 aliphatic carbocycles. The molecule has 1 N–H and O–H groups in total. The first kappa shape index (κ1) is 21.6. The van der Waals surface area contributed by atoms with Crippen molar-refractivity contribution >= 4 is 34.6 Å². The van der Waals surface area contributed by atoms with E-state index >= 15 is 0 Å². The van der Waals surface area contributed by atoms with E-state index in [1.54, 1.807) is 26.4 Å². The fraction of sp³-hybridized carbons (Fsp3) is 0.429. The summed E-state index contributed by atoms with van der Waals surface area (Å²) in [5, 5.41) is 4.46. The van der Waals surface area contributed by atoms with Crippen molar-refractivity contribution in [3.05, 3.63) is 46.7 Å². The van der Waals surface area contributed by atoms with Gasteiger partial charge in [-0.25, -0.2) is 0 Å². The largest absolute Gasteiger partial charge is 0.495 e. The van der Waals surface area contributed by atoms with E-state index in [2.05, 4.69) is 32.2 Å². The summed E-state index contributed by atoms with van der Waals surface area (Å²) < 4.78 is 10.8. The number of halogens is 1. The van der Waals surface area contributed by atoms with E-state index in [-0.39, 0.29) is 0 Å². The molecule has 0 spiro atoms. The lowest BCUT2D eigenvalue weighted by molar-refractivity contribution is 0.275. The molecule has 2 heterocycles. The van der Waals surface area contributed by atoms with Crippen molar-refractivity contribution in [3.63, 3.8) is 0 Å². The molecule has 156 valence electrons. The van der Waals surface area contributed by atoms with Crippen molar-refractivity contribution in [1.29, 1.82) is 0 Å². The van der Waals surface area contributed by atoms with E-state index in [1.165, 1.54) is 0 Å². The third-order valence-corrected chi connectivity index (χ3v) is 5.58. The van der Waals surface area contributed by atoms with Crippen LogP contribution >= 0.6 is 23.8 Å². The molecule has 0 bridgehead atoms. The second-order valence-electron chi connectivity index (χ2n) is 7.00. The second kappa shape index (κ2) is 10.1. The number of benzene rings is 1. The molecular weight excluding hydrogens is 408 g/mol. The maximum absolute atomic E-state index is 6.19. The average molecular weight is 435 g/mol. The number of thiocarbonyl (C=S) groups is 1. The van der Waals surface area contributed by atoms with E-state index < -0.39 is 0 Å². The summed E-state index contributed by atoms with van der Waals surface area (Å²) in [5.74, 6) is 1.20. The zero-order valence-corrected chi connectivity index (χ0v) is 18.6. The summed E-state index contributed by atoms with van der Waals surface area (Å²) in [4.78, 5) is 9.24. The topological polar surface area (TPSA) is 49.9 Å². The Morgan fingerprint density at radius 3 is 2.66 bits per heavy atom. The van der Waals surface area contributed by atoms with Crippen molar-refractivity contribution in [3.8, 4) is 11.5 Å². The normalized spacial score (nSPS) is 15.0. The van der Waals surface area contributed by atoms with Crippen LogP contribution in [-0.4, -0.2) is 60.3 Å². The Morgan fingerprint density at radius 2 is 1.93 bits per heavy atom. The van der Waals surface area contributed by atoms with Gasteiger partial charge in [0.1, 0.15) is 11.5 Å². The lowest BCUT2D eigenvalue weighted by atomic mass is 10.2. The highest BCUT2D eigenvalue weighted by atomic mass is 35.5. The van der Waals surface area contributed by atoms with Gasteiger partial charge >= 0.3 is 0 Å². The smallest absolute Gasteiger partial charge is 0.173 e. The minimum atomic E-state index is 0.496. The predicted octanol–water partition coefficient (Wildman–Crippen LogP) is 3.97. The van der Waals surface area contributed by atoms with E-state index in [4.69, 9.17) is 33.3 Å². The molecule has 1 aliphatic heterocycles. The van der Waals surface area contributed by atoms with Gasteiger partial charge in [-0.3, -0.25) is 9.88 Å². The summed E-state index contributed by atoms with van der Waals surface area (Å²) in [6.45, 7) is 6.59. The lowest BCUT2D eigenvalue weighted by Gasteiger charge is -2.25. The highest BCUT2D eigenvalue weighted by Crippen LogP contribution is 2.36. The molecule has 1 saturated heterocycles. The summed E-state index contributed by atoms with van der Waals surface area (Å²) >= 11 is 11.9. The van der Waals surface area contributed by atoms with Crippen LogP contribution in [0.25, 0.3) is 0 Å². The van der Waals surface area contributed by atoms with E-state index in [9.17, 15) is 0 Å². The zero-order valence-electron chi connectivity index (χ0n) is 17.1. The molecule has 1 aliphatic rings. The standard InChI is InChI=1S/C21H27ClN4O2S/c1-15-6-4-7-16(23-15)14-25-8-5-9-26(11-10-25)21(29)24-18-13-19(27-2)17(22)12-20(18)28-3/h4,6-7,12-13H,5,8-11,14H2,1-3H3,(H,24,29). The molecule has 8 heteroatoms. The van der Waals surface area contributed by atoms with Crippen LogP contribution in [0.2, 0.25) is 5.02 Å². The Kier molecular flexibility index (Phi) is 7.52. The number of pyridine rings is 1. The van der Waals surface area contributed by atoms with Crippen molar-refractivity contribution in [2.75, 3.05) is 45.7 Å². The number of anilines is 1. The molecule has 1 fully saturated rings. The summed E-state index contributed by atoms with van der Waals surface area (Å²) in [6.07, 6.45) is 1.04. The first-order valence-corrected chi connectivity index (χ1v) is 10.4. The highest BCUT2D eigenvalue weighted by molar-refractivity contribution is 7.80. The van der Waals surface area contributed by atoms with Crippen LogP contribution in [-0.2, 0) is 6.54 Å². The first-order valence-electron chi connectivity index (χ1n) is 9.62. The highest BCUT2D eigenvalue weighted by Gasteiger charge is 2.19. The lowest BCUT2D eigenvalue weighted by Crippen LogP contribution is -2.37. The SMILES string of the molecule is COc1cc(NC(=S)N2CCCN(Cc3cccc(C)n3)CC2)c(OC)cc1Cl. The number of ether oxygens (including phenoxy) is 2. The van der Waals surface area contributed by atoms with Crippen LogP contribution in [0, 0.1) is 6.92 Å². The third kappa shape index (κ3) is 5.72. The number of aromatic nitrogens is 1.